The van der Waals surface area contributed by atoms with Crippen molar-refractivity contribution < 1.29 is 9.18 Å². The van der Waals surface area contributed by atoms with Gasteiger partial charge in [-0.3, -0.25) is 9.48 Å². The van der Waals surface area contributed by atoms with Gasteiger partial charge in [0.1, 0.15) is 0 Å². The van der Waals surface area contributed by atoms with Gasteiger partial charge in [0.15, 0.2) is 6.67 Å². The summed E-state index contributed by atoms with van der Waals surface area (Å²) in [4.78, 5) is 10.6. The van der Waals surface area contributed by atoms with Crippen molar-refractivity contribution in [1.29, 1.82) is 0 Å². The van der Waals surface area contributed by atoms with Gasteiger partial charge in [0.2, 0.25) is 0 Å². The van der Waals surface area contributed by atoms with Crippen molar-refractivity contribution in [1.82, 2.24) is 15.1 Å². The number of rotatable bonds is 3. The fraction of sp³-hybridized carbons (Fsp3) is 0.500. The molecule has 1 N–H and O–H groups in total. The molecule has 0 aliphatic heterocycles. The van der Waals surface area contributed by atoms with Crippen molar-refractivity contribution in [3.63, 3.8) is 0 Å². The largest absolute Gasteiger partial charge is 0.348 e. The number of hydrogen-bond acceptors (Lipinski definition) is 2. The molecule has 0 spiro atoms. The lowest BCUT2D eigenvalue weighted by Gasteiger charge is -1.97. The van der Waals surface area contributed by atoms with Crippen LogP contribution in [-0.4, -0.2) is 22.4 Å². The number of carbonyl (C=O) groups excluding carboxylic acids is 1. The van der Waals surface area contributed by atoms with Crippen molar-refractivity contribution in [2.24, 2.45) is 7.05 Å². The quantitative estimate of drug-likeness (QED) is 0.736. The number of nitrogens with one attached hydrogen (secondary N) is 1. The highest BCUT2D eigenvalue weighted by atomic mass is 19.1. The summed E-state index contributed by atoms with van der Waals surface area (Å²) in [6, 6.07) is 1.85. The maximum atomic E-state index is 11.7. The Labute approximate surface area is 75.7 Å². The molecule has 0 bridgehead atoms. The van der Waals surface area contributed by atoms with Gasteiger partial charge in [-0.1, -0.05) is 0 Å². The third-order valence-electron chi connectivity index (χ3n) is 1.75. The molecule has 1 aromatic heterocycles. The highest BCUT2D eigenvalue weighted by molar-refractivity contribution is 5.76. The first kappa shape index (κ1) is 9.70. The van der Waals surface area contributed by atoms with Crippen LogP contribution in [0.3, 0.4) is 0 Å². The summed E-state index contributed by atoms with van der Waals surface area (Å²) in [5.74, 6) is -0.608. The van der Waals surface area contributed by atoms with E-state index in [2.05, 4.69) is 10.4 Å². The van der Waals surface area contributed by atoms with E-state index in [0.29, 0.717) is 0 Å². The van der Waals surface area contributed by atoms with Crippen LogP contribution < -0.4 is 5.32 Å². The van der Waals surface area contributed by atoms with Crippen LogP contribution in [0, 0.1) is 6.92 Å². The molecular formula is C8H12FN3O. The molecule has 1 heterocycles. The molecule has 0 radical (unpaired) electrons. The minimum Gasteiger partial charge on any atom is -0.348 e. The average molecular weight is 185 g/mol. The van der Waals surface area contributed by atoms with E-state index in [1.807, 2.05) is 20.0 Å². The van der Waals surface area contributed by atoms with Crippen molar-refractivity contribution in [2.75, 3.05) is 6.67 Å². The minimum absolute atomic E-state index is 0.282. The second-order valence-corrected chi connectivity index (χ2v) is 2.81. The first-order chi connectivity index (χ1) is 6.13. The van der Waals surface area contributed by atoms with E-state index in [1.165, 1.54) is 0 Å². The van der Waals surface area contributed by atoms with Crippen LogP contribution in [0.25, 0.3) is 0 Å². The van der Waals surface area contributed by atoms with Crippen LogP contribution in [0.4, 0.5) is 4.39 Å². The second kappa shape index (κ2) is 4.02. The number of aryl methyl sites for hydroxylation is 2. The van der Waals surface area contributed by atoms with E-state index in [4.69, 9.17) is 0 Å². The van der Waals surface area contributed by atoms with E-state index in [0.717, 1.165) is 11.4 Å². The monoisotopic (exact) mass is 185 g/mol. The van der Waals surface area contributed by atoms with E-state index >= 15 is 0 Å². The van der Waals surface area contributed by atoms with E-state index in [-0.39, 0.29) is 6.54 Å². The smallest absolute Gasteiger partial charge is 0.251 e. The van der Waals surface area contributed by atoms with Gasteiger partial charge in [0.05, 0.1) is 12.2 Å². The SMILES string of the molecule is Cc1cc(CNC(=O)CF)nn1C. The summed E-state index contributed by atoms with van der Waals surface area (Å²) in [5, 5.41) is 6.50. The minimum atomic E-state index is -0.980. The van der Waals surface area contributed by atoms with Crippen molar-refractivity contribution in [2.45, 2.75) is 13.5 Å². The Morgan fingerprint density at radius 3 is 2.92 bits per heavy atom. The van der Waals surface area contributed by atoms with Gasteiger partial charge in [-0.05, 0) is 13.0 Å². The molecule has 13 heavy (non-hydrogen) atoms. The maximum Gasteiger partial charge on any atom is 0.251 e. The molecule has 72 valence electrons. The molecule has 0 aliphatic rings. The average Bonchev–Trinajstić information content (AvgIpc) is 2.42. The lowest BCUT2D eigenvalue weighted by Crippen LogP contribution is -2.24. The first-order valence-corrected chi connectivity index (χ1v) is 3.95. The lowest BCUT2D eigenvalue weighted by molar-refractivity contribution is -0.122. The van der Waals surface area contributed by atoms with Crippen molar-refractivity contribution in [3.05, 3.63) is 17.5 Å². The fourth-order valence-corrected chi connectivity index (χ4v) is 0.958. The summed E-state index contributed by atoms with van der Waals surface area (Å²) < 4.78 is 13.4. The first-order valence-electron chi connectivity index (χ1n) is 3.95. The Morgan fingerprint density at radius 1 is 1.77 bits per heavy atom. The predicted octanol–water partition coefficient (Wildman–Crippen LogP) is 0.314. The number of halogens is 1. The zero-order valence-corrected chi connectivity index (χ0v) is 7.67. The molecule has 0 aliphatic carbocycles. The van der Waals surface area contributed by atoms with E-state index < -0.39 is 12.6 Å². The molecule has 0 atom stereocenters. The topological polar surface area (TPSA) is 46.9 Å². The van der Waals surface area contributed by atoms with Gasteiger partial charge in [0.25, 0.3) is 5.91 Å². The van der Waals surface area contributed by atoms with Crippen LogP contribution >= 0.6 is 0 Å². The number of aromatic nitrogens is 2. The molecule has 0 saturated heterocycles. The Bertz CT molecular complexity index is 289. The van der Waals surface area contributed by atoms with E-state index in [9.17, 15) is 9.18 Å². The van der Waals surface area contributed by atoms with Crippen LogP contribution in [0.2, 0.25) is 0 Å². The number of nitrogens with zero attached hydrogens (tertiary/aromatic N) is 2. The van der Waals surface area contributed by atoms with Gasteiger partial charge in [0, 0.05) is 12.7 Å². The summed E-state index contributed by atoms with van der Waals surface area (Å²) in [7, 11) is 1.82. The highest BCUT2D eigenvalue weighted by Crippen LogP contribution is 2.00. The number of amides is 1. The molecule has 0 saturated carbocycles. The molecule has 1 aromatic rings. The van der Waals surface area contributed by atoms with Gasteiger partial charge >= 0.3 is 0 Å². The van der Waals surface area contributed by atoms with Crippen LogP contribution in [0.5, 0.6) is 0 Å². The zero-order valence-electron chi connectivity index (χ0n) is 7.67. The predicted molar refractivity (Wildman–Crippen MR) is 45.8 cm³/mol. The Balaban J connectivity index is 2.50. The normalized spacial score (nSPS) is 10.1. The van der Waals surface area contributed by atoms with Crippen molar-refractivity contribution >= 4 is 5.91 Å². The van der Waals surface area contributed by atoms with Crippen LogP contribution in [0.15, 0.2) is 6.07 Å². The molecule has 1 rings (SSSR count). The van der Waals surface area contributed by atoms with Gasteiger partial charge in [-0.25, -0.2) is 4.39 Å². The number of hydrogen-bond donors (Lipinski definition) is 1. The van der Waals surface area contributed by atoms with E-state index in [1.54, 1.807) is 4.68 Å². The second-order valence-electron chi connectivity index (χ2n) is 2.81. The fourth-order valence-electron chi connectivity index (χ4n) is 0.958. The molecule has 1 amide bonds. The number of alkyl halides is 1. The Hall–Kier alpha value is -1.39. The molecule has 0 aromatic carbocycles. The summed E-state index contributed by atoms with van der Waals surface area (Å²) >= 11 is 0. The third-order valence-corrected chi connectivity index (χ3v) is 1.75. The van der Waals surface area contributed by atoms with Gasteiger partial charge in [-0.2, -0.15) is 5.10 Å². The zero-order chi connectivity index (χ0) is 9.84. The van der Waals surface area contributed by atoms with Gasteiger partial charge in [-0.15, -0.1) is 0 Å². The van der Waals surface area contributed by atoms with Crippen molar-refractivity contribution in [3.8, 4) is 0 Å². The lowest BCUT2D eigenvalue weighted by atomic mass is 10.3. The molecule has 5 heteroatoms. The molecular weight excluding hydrogens is 173 g/mol. The maximum absolute atomic E-state index is 11.7. The number of carbonyl (C=O) groups is 1. The van der Waals surface area contributed by atoms with Crippen LogP contribution in [-0.2, 0) is 18.4 Å². The highest BCUT2D eigenvalue weighted by Gasteiger charge is 2.03. The standard InChI is InChI=1S/C8H12FN3O/c1-6-3-7(11-12(6)2)5-10-8(13)4-9/h3H,4-5H2,1-2H3,(H,10,13). The third kappa shape index (κ3) is 2.54. The summed E-state index contributed by atoms with van der Waals surface area (Å²) in [6.07, 6.45) is 0. The van der Waals surface area contributed by atoms with Crippen LogP contribution in [0.1, 0.15) is 11.4 Å². The summed E-state index contributed by atoms with van der Waals surface area (Å²) in [5.41, 5.74) is 1.74. The van der Waals surface area contributed by atoms with Gasteiger partial charge < -0.3 is 5.32 Å². The molecule has 4 nitrogen and oxygen atoms in total. The summed E-state index contributed by atoms with van der Waals surface area (Å²) in [6.45, 7) is 1.21. The molecule has 0 fully saturated rings. The Morgan fingerprint density at radius 2 is 2.46 bits per heavy atom. The Kier molecular flexibility index (Phi) is 3.00. The molecule has 0 unspecified atom stereocenters.